The van der Waals surface area contributed by atoms with Gasteiger partial charge in [-0.3, -0.25) is 0 Å². The second kappa shape index (κ2) is 9.74. The summed E-state index contributed by atoms with van der Waals surface area (Å²) in [4.78, 5) is 25.6. The molecule has 4 rings (SSSR count). The molecule has 0 radical (unpaired) electrons. The first-order valence-corrected chi connectivity index (χ1v) is 13.0. The van der Waals surface area contributed by atoms with Gasteiger partial charge in [-0.1, -0.05) is 6.92 Å². The molecule has 0 saturated heterocycles. The lowest BCUT2D eigenvalue weighted by Crippen LogP contribution is -2.43. The van der Waals surface area contributed by atoms with Crippen LogP contribution in [-0.2, 0) is 11.2 Å². The maximum absolute atomic E-state index is 12.4. The Morgan fingerprint density at radius 3 is 2.64 bits per heavy atom. The predicted molar refractivity (Wildman–Crippen MR) is 130 cm³/mol. The van der Waals surface area contributed by atoms with Crippen LogP contribution in [0, 0.1) is 0 Å². The van der Waals surface area contributed by atoms with Gasteiger partial charge in [0.2, 0.25) is 5.88 Å². The van der Waals surface area contributed by atoms with Crippen LogP contribution in [0.4, 0.5) is 4.79 Å². The van der Waals surface area contributed by atoms with Crippen molar-refractivity contribution in [3.8, 4) is 5.88 Å². The number of hydrogen-bond acceptors (Lipinski definition) is 7. The third-order valence-corrected chi connectivity index (χ3v) is 8.05. The van der Waals surface area contributed by atoms with Crippen molar-refractivity contribution in [2.75, 3.05) is 7.05 Å². The highest BCUT2D eigenvalue weighted by Gasteiger charge is 2.33. The zero-order chi connectivity index (χ0) is 23.8. The number of ether oxygens (including phenoxy) is 2. The Kier molecular flexibility index (Phi) is 7.15. The van der Waals surface area contributed by atoms with E-state index >= 15 is 0 Å². The van der Waals surface area contributed by atoms with Crippen LogP contribution in [0.25, 0.3) is 10.2 Å². The fourth-order valence-corrected chi connectivity index (χ4v) is 6.28. The Balaban J connectivity index is 1.44. The third-order valence-electron chi connectivity index (χ3n) is 6.87. The number of aliphatic hydroxyl groups excluding tert-OH is 1. The topological polar surface area (TPSA) is 84.8 Å². The third kappa shape index (κ3) is 5.43. The van der Waals surface area contributed by atoms with Gasteiger partial charge in [-0.05, 0) is 83.6 Å². The van der Waals surface area contributed by atoms with Gasteiger partial charge in [-0.2, -0.15) is 0 Å². The van der Waals surface area contributed by atoms with Crippen molar-refractivity contribution < 1.29 is 19.4 Å². The predicted octanol–water partition coefficient (Wildman–Crippen LogP) is 5.44. The van der Waals surface area contributed by atoms with E-state index in [0.29, 0.717) is 11.8 Å². The van der Waals surface area contributed by atoms with E-state index in [4.69, 9.17) is 9.47 Å². The summed E-state index contributed by atoms with van der Waals surface area (Å²) in [6, 6.07) is 0.162. The van der Waals surface area contributed by atoms with Gasteiger partial charge in [0, 0.05) is 18.0 Å². The second-order valence-electron chi connectivity index (χ2n) is 10.5. The van der Waals surface area contributed by atoms with Gasteiger partial charge in [0.1, 0.15) is 22.9 Å². The average molecular weight is 476 g/mol. The fraction of sp³-hybridized carbons (Fsp3) is 0.720. The van der Waals surface area contributed by atoms with Crippen molar-refractivity contribution in [1.82, 2.24) is 14.9 Å². The Bertz CT molecular complexity index is 978. The van der Waals surface area contributed by atoms with Crippen LogP contribution in [0.1, 0.15) is 89.0 Å². The minimum absolute atomic E-state index is 0.0722. The Labute approximate surface area is 200 Å². The molecule has 182 valence electrons. The first kappa shape index (κ1) is 24.2. The number of aliphatic hydroxyl groups is 1. The summed E-state index contributed by atoms with van der Waals surface area (Å²) in [5.74, 6) is 1.02. The molecule has 1 saturated carbocycles. The number of fused-ring (bicyclic) bond motifs is 3. The SMILES string of the molecule is CC[C@@H](O)C[C@H]1CCc2sc3ncnc(O[C@H]4CC[C@H](N(C)C(=O)OC(C)(C)C)CC4)c3c21. The highest BCUT2D eigenvalue weighted by Crippen LogP contribution is 2.48. The Hall–Kier alpha value is -1.93. The molecule has 1 amide bonds. The molecule has 0 spiro atoms. The molecule has 2 aromatic rings. The van der Waals surface area contributed by atoms with Crippen molar-refractivity contribution in [3.05, 3.63) is 16.8 Å². The molecule has 2 aliphatic carbocycles. The number of thiophene rings is 1. The molecule has 2 atom stereocenters. The number of hydrogen-bond donors (Lipinski definition) is 1. The zero-order valence-electron chi connectivity index (χ0n) is 20.5. The van der Waals surface area contributed by atoms with Crippen molar-refractivity contribution in [2.24, 2.45) is 0 Å². The van der Waals surface area contributed by atoms with E-state index in [0.717, 1.165) is 61.6 Å². The molecular formula is C25H37N3O4S. The van der Waals surface area contributed by atoms with Crippen LogP contribution in [0.2, 0.25) is 0 Å². The van der Waals surface area contributed by atoms with E-state index in [2.05, 4.69) is 9.97 Å². The monoisotopic (exact) mass is 475 g/mol. The number of aryl methyl sites for hydroxylation is 1. The van der Waals surface area contributed by atoms with E-state index < -0.39 is 5.60 Å². The van der Waals surface area contributed by atoms with Gasteiger partial charge in [-0.25, -0.2) is 14.8 Å². The normalized spacial score (nSPS) is 23.9. The Morgan fingerprint density at radius 1 is 1.24 bits per heavy atom. The number of aromatic nitrogens is 2. The van der Waals surface area contributed by atoms with Gasteiger partial charge in [0.25, 0.3) is 0 Å². The summed E-state index contributed by atoms with van der Waals surface area (Å²) in [6.07, 6.45) is 8.29. The molecule has 2 aliphatic rings. The minimum Gasteiger partial charge on any atom is -0.474 e. The summed E-state index contributed by atoms with van der Waals surface area (Å²) < 4.78 is 12.0. The maximum atomic E-state index is 12.4. The number of rotatable bonds is 6. The Morgan fingerprint density at radius 2 is 1.97 bits per heavy atom. The highest BCUT2D eigenvalue weighted by molar-refractivity contribution is 7.19. The molecule has 1 fully saturated rings. The number of carbonyl (C=O) groups excluding carboxylic acids is 1. The van der Waals surface area contributed by atoms with Gasteiger partial charge in [-0.15, -0.1) is 11.3 Å². The van der Waals surface area contributed by atoms with Crippen LogP contribution in [-0.4, -0.2) is 57.0 Å². The number of amides is 1. The highest BCUT2D eigenvalue weighted by atomic mass is 32.1. The van der Waals surface area contributed by atoms with Gasteiger partial charge in [0.15, 0.2) is 0 Å². The van der Waals surface area contributed by atoms with Crippen molar-refractivity contribution in [3.63, 3.8) is 0 Å². The smallest absolute Gasteiger partial charge is 0.410 e. The quantitative estimate of drug-likeness (QED) is 0.599. The van der Waals surface area contributed by atoms with E-state index in [1.807, 2.05) is 34.7 Å². The maximum Gasteiger partial charge on any atom is 0.410 e. The summed E-state index contributed by atoms with van der Waals surface area (Å²) in [7, 11) is 1.83. The summed E-state index contributed by atoms with van der Waals surface area (Å²) in [6.45, 7) is 7.70. The molecule has 2 heterocycles. The van der Waals surface area contributed by atoms with Crippen molar-refractivity contribution >= 4 is 27.6 Å². The molecule has 1 N–H and O–H groups in total. The van der Waals surface area contributed by atoms with Gasteiger partial charge in [0.05, 0.1) is 11.5 Å². The minimum atomic E-state index is -0.490. The first-order valence-electron chi connectivity index (χ1n) is 12.2. The largest absolute Gasteiger partial charge is 0.474 e. The lowest BCUT2D eigenvalue weighted by Gasteiger charge is -2.35. The van der Waals surface area contributed by atoms with Gasteiger partial charge < -0.3 is 19.5 Å². The summed E-state index contributed by atoms with van der Waals surface area (Å²) in [5, 5.41) is 11.3. The molecule has 2 aromatic heterocycles. The van der Waals surface area contributed by atoms with Crippen LogP contribution in [0.3, 0.4) is 0 Å². The lowest BCUT2D eigenvalue weighted by atomic mass is 9.92. The van der Waals surface area contributed by atoms with Crippen molar-refractivity contribution in [1.29, 1.82) is 0 Å². The molecule has 8 heteroatoms. The standard InChI is InChI=1S/C25H37N3O4S/c1-6-17(29)13-15-7-12-19-20(15)21-22(26-14-27-23(21)33-19)31-18-10-8-16(9-11-18)28(5)24(30)32-25(2,3)4/h14-18,29H,6-13H2,1-5H3/t15-,16-,17-,18-/m1/s1. The van der Waals surface area contributed by atoms with Crippen LogP contribution in [0.15, 0.2) is 6.33 Å². The summed E-state index contributed by atoms with van der Waals surface area (Å²) >= 11 is 1.74. The van der Waals surface area contributed by atoms with E-state index in [1.54, 1.807) is 22.6 Å². The number of nitrogens with zero attached hydrogens (tertiary/aromatic N) is 3. The van der Waals surface area contributed by atoms with E-state index in [-0.39, 0.29) is 24.3 Å². The summed E-state index contributed by atoms with van der Waals surface area (Å²) in [5.41, 5.74) is 0.812. The molecular weight excluding hydrogens is 438 g/mol. The van der Waals surface area contributed by atoms with E-state index in [1.165, 1.54) is 10.4 Å². The number of carbonyl (C=O) groups is 1. The molecule has 0 aliphatic heterocycles. The molecule has 0 unspecified atom stereocenters. The average Bonchev–Trinajstić information content (AvgIpc) is 3.32. The van der Waals surface area contributed by atoms with Crippen LogP contribution < -0.4 is 4.74 Å². The molecule has 7 nitrogen and oxygen atoms in total. The first-order chi connectivity index (χ1) is 15.7. The van der Waals surface area contributed by atoms with E-state index in [9.17, 15) is 9.90 Å². The second-order valence-corrected chi connectivity index (χ2v) is 11.6. The molecule has 0 aromatic carbocycles. The fourth-order valence-electron chi connectivity index (χ4n) is 5.05. The van der Waals surface area contributed by atoms with Crippen LogP contribution >= 0.6 is 11.3 Å². The molecule has 33 heavy (non-hydrogen) atoms. The molecule has 0 bridgehead atoms. The van der Waals surface area contributed by atoms with Crippen LogP contribution in [0.5, 0.6) is 5.88 Å². The zero-order valence-corrected chi connectivity index (χ0v) is 21.3. The lowest BCUT2D eigenvalue weighted by molar-refractivity contribution is 0.0137. The van der Waals surface area contributed by atoms with Gasteiger partial charge >= 0.3 is 6.09 Å². The van der Waals surface area contributed by atoms with Crippen molar-refractivity contribution in [2.45, 2.75) is 109 Å².